The molecule has 0 bridgehead atoms. The highest BCUT2D eigenvalue weighted by Crippen LogP contribution is 2.29. The lowest BCUT2D eigenvalue weighted by molar-refractivity contribution is -0.143. The quantitative estimate of drug-likeness (QED) is 0.672. The predicted molar refractivity (Wildman–Crippen MR) is 50.1 cm³/mol. The molecule has 0 aromatic carbocycles. The van der Waals surface area contributed by atoms with E-state index in [0.717, 1.165) is 12.3 Å². The van der Waals surface area contributed by atoms with Crippen LogP contribution in [0.3, 0.4) is 0 Å². The molecule has 0 saturated carbocycles. The highest BCUT2D eigenvalue weighted by atomic mass is 32.2. The van der Waals surface area contributed by atoms with Crippen LogP contribution in [0.5, 0.6) is 0 Å². The van der Waals surface area contributed by atoms with Gasteiger partial charge in [-0.1, -0.05) is 0 Å². The van der Waals surface area contributed by atoms with Gasteiger partial charge in [-0.25, -0.2) is 0 Å². The Morgan fingerprint density at radius 2 is 2.50 bits per heavy atom. The number of hydrogen-bond acceptors (Lipinski definition) is 4. The van der Waals surface area contributed by atoms with Gasteiger partial charge in [0.2, 0.25) is 0 Å². The number of rotatable bonds is 3. The Hall–Kier alpha value is -0.220. The van der Waals surface area contributed by atoms with Crippen molar-refractivity contribution in [2.24, 2.45) is 0 Å². The van der Waals surface area contributed by atoms with Crippen molar-refractivity contribution in [2.45, 2.75) is 25.1 Å². The van der Waals surface area contributed by atoms with E-state index in [1.807, 2.05) is 13.8 Å². The first-order chi connectivity index (χ1) is 5.66. The molecule has 0 radical (unpaired) electrons. The summed E-state index contributed by atoms with van der Waals surface area (Å²) in [5, 5.41) is 3.28. The molecule has 1 fully saturated rings. The summed E-state index contributed by atoms with van der Waals surface area (Å²) in [6.07, 6.45) is 0.464. The minimum absolute atomic E-state index is 0.0910. The maximum Gasteiger partial charge on any atom is 0.308 e. The van der Waals surface area contributed by atoms with E-state index < -0.39 is 0 Å². The third-order valence-electron chi connectivity index (χ3n) is 1.81. The summed E-state index contributed by atoms with van der Waals surface area (Å²) in [7, 11) is 0. The third-order valence-corrected chi connectivity index (χ3v) is 3.14. The van der Waals surface area contributed by atoms with Gasteiger partial charge in [-0.05, 0) is 13.8 Å². The van der Waals surface area contributed by atoms with Crippen molar-refractivity contribution >= 4 is 17.7 Å². The van der Waals surface area contributed by atoms with Crippen molar-refractivity contribution in [3.63, 3.8) is 0 Å². The van der Waals surface area contributed by atoms with Gasteiger partial charge in [-0.15, -0.1) is 11.8 Å². The van der Waals surface area contributed by atoms with Gasteiger partial charge < -0.3 is 10.1 Å². The highest BCUT2D eigenvalue weighted by molar-refractivity contribution is 8.00. The number of thioether (sulfide) groups is 1. The van der Waals surface area contributed by atoms with Crippen LogP contribution in [0.2, 0.25) is 0 Å². The zero-order valence-electron chi connectivity index (χ0n) is 7.55. The van der Waals surface area contributed by atoms with Crippen LogP contribution in [0, 0.1) is 0 Å². The number of ether oxygens (including phenoxy) is 1. The Morgan fingerprint density at radius 3 is 3.00 bits per heavy atom. The first-order valence-electron chi connectivity index (χ1n) is 4.21. The molecule has 3 nitrogen and oxygen atoms in total. The molecule has 1 aliphatic rings. The van der Waals surface area contributed by atoms with E-state index in [1.165, 1.54) is 0 Å². The van der Waals surface area contributed by atoms with Crippen molar-refractivity contribution in [3.8, 4) is 0 Å². The van der Waals surface area contributed by atoms with E-state index in [2.05, 4.69) is 5.32 Å². The van der Waals surface area contributed by atoms with Crippen molar-refractivity contribution in [1.29, 1.82) is 0 Å². The summed E-state index contributed by atoms with van der Waals surface area (Å²) < 4.78 is 4.88. The van der Waals surface area contributed by atoms with E-state index in [1.54, 1.807) is 11.8 Å². The Labute approximate surface area is 77.2 Å². The van der Waals surface area contributed by atoms with Gasteiger partial charge in [-0.3, -0.25) is 4.79 Å². The van der Waals surface area contributed by atoms with Gasteiger partial charge in [0, 0.05) is 12.3 Å². The first-order valence-corrected chi connectivity index (χ1v) is 5.19. The summed E-state index contributed by atoms with van der Waals surface area (Å²) >= 11 is 1.79. The summed E-state index contributed by atoms with van der Waals surface area (Å²) in [6.45, 7) is 5.33. The van der Waals surface area contributed by atoms with Gasteiger partial charge in [-0.2, -0.15) is 0 Å². The number of carbonyl (C=O) groups is 1. The zero-order chi connectivity index (χ0) is 9.03. The van der Waals surface area contributed by atoms with Crippen LogP contribution < -0.4 is 5.32 Å². The Balaban J connectivity index is 2.33. The topological polar surface area (TPSA) is 38.3 Å². The fourth-order valence-corrected chi connectivity index (χ4v) is 2.32. The molecule has 0 aliphatic carbocycles. The molecule has 0 aromatic heterocycles. The predicted octanol–water partition coefficient (Wildman–Crippen LogP) is 0.992. The summed E-state index contributed by atoms with van der Waals surface area (Å²) in [4.78, 5) is 11.0. The van der Waals surface area contributed by atoms with E-state index in [4.69, 9.17) is 4.74 Å². The van der Waals surface area contributed by atoms with E-state index in [0.29, 0.717) is 13.0 Å². The minimum Gasteiger partial charge on any atom is -0.466 e. The molecule has 1 N–H and O–H groups in total. The number of esters is 1. The van der Waals surface area contributed by atoms with E-state index >= 15 is 0 Å². The molecule has 1 rings (SSSR count). The van der Waals surface area contributed by atoms with Crippen LogP contribution in [0.1, 0.15) is 20.3 Å². The largest absolute Gasteiger partial charge is 0.466 e. The first kappa shape index (κ1) is 9.86. The van der Waals surface area contributed by atoms with E-state index in [9.17, 15) is 4.79 Å². The Kier molecular flexibility index (Phi) is 3.40. The lowest BCUT2D eigenvalue weighted by Gasteiger charge is -2.21. The fourth-order valence-electron chi connectivity index (χ4n) is 1.24. The van der Waals surface area contributed by atoms with Gasteiger partial charge in [0.1, 0.15) is 0 Å². The molecule has 12 heavy (non-hydrogen) atoms. The molecular formula is C8H15NO2S. The second-order valence-electron chi connectivity index (χ2n) is 2.99. The molecule has 0 amide bonds. The normalized spacial score (nSPS) is 28.8. The second kappa shape index (κ2) is 4.14. The molecule has 1 heterocycles. The third kappa shape index (κ3) is 2.68. The van der Waals surface area contributed by atoms with Crippen molar-refractivity contribution in [2.75, 3.05) is 18.9 Å². The van der Waals surface area contributed by atoms with Crippen LogP contribution in [0.15, 0.2) is 0 Å². The highest BCUT2D eigenvalue weighted by Gasteiger charge is 2.31. The number of carbonyl (C=O) groups excluding carboxylic acids is 1. The molecule has 0 unspecified atom stereocenters. The molecule has 1 atom stereocenters. The summed E-state index contributed by atoms with van der Waals surface area (Å²) in [5.74, 6) is 0.970. The zero-order valence-corrected chi connectivity index (χ0v) is 8.37. The van der Waals surface area contributed by atoms with Crippen LogP contribution in [0.4, 0.5) is 0 Å². The molecule has 0 aromatic rings. The van der Waals surface area contributed by atoms with Crippen LogP contribution >= 0.6 is 11.8 Å². The lowest BCUT2D eigenvalue weighted by atomic mass is 10.2. The summed E-state index contributed by atoms with van der Waals surface area (Å²) in [5.41, 5.74) is 0. The molecule has 70 valence electrons. The van der Waals surface area contributed by atoms with Gasteiger partial charge in [0.15, 0.2) is 0 Å². The standard InChI is InChI=1S/C8H15NO2S/c1-3-11-7(10)6-8(2)9-4-5-12-8/h9H,3-6H2,1-2H3/t8-/m0/s1. The van der Waals surface area contributed by atoms with Gasteiger partial charge in [0.25, 0.3) is 0 Å². The minimum atomic E-state index is -0.109. The van der Waals surface area contributed by atoms with Crippen molar-refractivity contribution < 1.29 is 9.53 Å². The maximum atomic E-state index is 11.1. The van der Waals surface area contributed by atoms with Crippen LogP contribution in [-0.4, -0.2) is 29.7 Å². The molecular weight excluding hydrogens is 174 g/mol. The van der Waals surface area contributed by atoms with E-state index in [-0.39, 0.29) is 10.8 Å². The maximum absolute atomic E-state index is 11.1. The van der Waals surface area contributed by atoms with Crippen molar-refractivity contribution in [3.05, 3.63) is 0 Å². The number of hydrogen-bond donors (Lipinski definition) is 1. The fraction of sp³-hybridized carbons (Fsp3) is 0.875. The van der Waals surface area contributed by atoms with Gasteiger partial charge in [0.05, 0.1) is 17.9 Å². The van der Waals surface area contributed by atoms with Crippen molar-refractivity contribution in [1.82, 2.24) is 5.32 Å². The molecule has 1 saturated heterocycles. The average molecular weight is 189 g/mol. The summed E-state index contributed by atoms with van der Waals surface area (Å²) in [6, 6.07) is 0. The molecule has 1 aliphatic heterocycles. The van der Waals surface area contributed by atoms with Crippen LogP contribution in [0.25, 0.3) is 0 Å². The lowest BCUT2D eigenvalue weighted by Crippen LogP contribution is -2.36. The number of nitrogens with one attached hydrogen (secondary N) is 1. The monoisotopic (exact) mass is 189 g/mol. The van der Waals surface area contributed by atoms with Crippen LogP contribution in [-0.2, 0) is 9.53 Å². The molecule has 0 spiro atoms. The second-order valence-corrected chi connectivity index (χ2v) is 4.59. The van der Waals surface area contributed by atoms with Gasteiger partial charge >= 0.3 is 5.97 Å². The Morgan fingerprint density at radius 1 is 1.75 bits per heavy atom. The smallest absolute Gasteiger partial charge is 0.308 e. The Bertz CT molecular complexity index is 166. The molecule has 4 heteroatoms. The average Bonchev–Trinajstić information content (AvgIpc) is 2.36. The SMILES string of the molecule is CCOC(=O)C[C@@]1(C)NCCS1.